The maximum atomic E-state index is 6.05. The zero-order valence-corrected chi connectivity index (χ0v) is 10.2. The molecule has 0 aliphatic heterocycles. The average molecular weight is 231 g/mol. The highest BCUT2D eigenvalue weighted by molar-refractivity contribution is 5.66. The topological polar surface area (TPSA) is 55.3 Å². The first-order valence-electron chi connectivity index (χ1n) is 5.70. The summed E-state index contributed by atoms with van der Waals surface area (Å²) in [4.78, 5) is 6.45. The van der Waals surface area contributed by atoms with Crippen molar-refractivity contribution in [3.8, 4) is 0 Å². The van der Waals surface area contributed by atoms with E-state index in [1.807, 2.05) is 25.1 Å². The van der Waals surface area contributed by atoms with E-state index in [4.69, 9.17) is 10.2 Å². The monoisotopic (exact) mass is 231 g/mol. The summed E-state index contributed by atoms with van der Waals surface area (Å²) >= 11 is 0. The number of anilines is 2. The molecule has 0 atom stereocenters. The lowest BCUT2D eigenvalue weighted by Crippen LogP contribution is -2.24. The summed E-state index contributed by atoms with van der Waals surface area (Å²) in [5, 5.41) is 0. The van der Waals surface area contributed by atoms with Crippen LogP contribution >= 0.6 is 0 Å². The van der Waals surface area contributed by atoms with Crippen molar-refractivity contribution < 1.29 is 4.42 Å². The van der Waals surface area contributed by atoms with Crippen LogP contribution in [-0.2, 0) is 6.54 Å². The number of aryl methyl sites for hydroxylation is 1. The van der Waals surface area contributed by atoms with Gasteiger partial charge in [0.2, 0.25) is 0 Å². The Hall–Kier alpha value is -1.97. The van der Waals surface area contributed by atoms with Crippen molar-refractivity contribution >= 4 is 11.5 Å². The normalized spacial score (nSPS) is 10.5. The molecule has 0 amide bonds. The molecule has 0 radical (unpaired) electrons. The van der Waals surface area contributed by atoms with Crippen LogP contribution in [0, 0.1) is 6.92 Å². The van der Waals surface area contributed by atoms with Gasteiger partial charge in [-0.3, -0.25) is 0 Å². The van der Waals surface area contributed by atoms with Crippen molar-refractivity contribution in [2.24, 2.45) is 0 Å². The first-order valence-corrected chi connectivity index (χ1v) is 5.70. The summed E-state index contributed by atoms with van der Waals surface area (Å²) in [6.07, 6.45) is 3.46. The second kappa shape index (κ2) is 4.91. The van der Waals surface area contributed by atoms with Gasteiger partial charge in [0.15, 0.2) is 5.82 Å². The second-order valence-corrected chi connectivity index (χ2v) is 3.96. The molecule has 0 aromatic carbocycles. The average Bonchev–Trinajstić information content (AvgIpc) is 2.83. The fourth-order valence-electron chi connectivity index (χ4n) is 1.73. The van der Waals surface area contributed by atoms with Crippen LogP contribution in [-0.4, -0.2) is 11.5 Å². The summed E-state index contributed by atoms with van der Waals surface area (Å²) in [6.45, 7) is 5.58. The van der Waals surface area contributed by atoms with Gasteiger partial charge in [0.1, 0.15) is 5.76 Å². The van der Waals surface area contributed by atoms with Crippen molar-refractivity contribution in [2.45, 2.75) is 20.4 Å². The van der Waals surface area contributed by atoms with Gasteiger partial charge < -0.3 is 15.1 Å². The number of hydrogen-bond acceptors (Lipinski definition) is 4. The third-order valence-electron chi connectivity index (χ3n) is 2.80. The molecule has 0 unspecified atom stereocenters. The summed E-state index contributed by atoms with van der Waals surface area (Å²) in [6, 6.07) is 5.75. The predicted molar refractivity (Wildman–Crippen MR) is 68.8 cm³/mol. The third kappa shape index (κ3) is 2.41. The minimum absolute atomic E-state index is 0.685. The molecule has 0 aliphatic rings. The summed E-state index contributed by atoms with van der Waals surface area (Å²) in [5.74, 6) is 1.73. The maximum Gasteiger partial charge on any atom is 0.152 e. The lowest BCUT2D eigenvalue weighted by atomic mass is 10.2. The first-order chi connectivity index (χ1) is 8.22. The summed E-state index contributed by atoms with van der Waals surface area (Å²) < 4.78 is 5.35. The van der Waals surface area contributed by atoms with Crippen LogP contribution in [0.4, 0.5) is 11.5 Å². The maximum absolute atomic E-state index is 6.05. The number of nitrogen functional groups attached to an aromatic ring is 1. The molecular formula is C13H17N3O. The number of furan rings is 1. The van der Waals surface area contributed by atoms with E-state index in [9.17, 15) is 0 Å². The van der Waals surface area contributed by atoms with Gasteiger partial charge in [-0.25, -0.2) is 4.98 Å². The van der Waals surface area contributed by atoms with Gasteiger partial charge >= 0.3 is 0 Å². The molecule has 4 nitrogen and oxygen atoms in total. The molecule has 0 aliphatic carbocycles. The highest BCUT2D eigenvalue weighted by Crippen LogP contribution is 2.24. The molecule has 0 spiro atoms. The zero-order chi connectivity index (χ0) is 12.3. The number of nitrogens with two attached hydrogens (primary N) is 1. The molecule has 0 saturated carbocycles. The fourth-order valence-corrected chi connectivity index (χ4v) is 1.73. The Kier molecular flexibility index (Phi) is 3.32. The van der Waals surface area contributed by atoms with Gasteiger partial charge in [0, 0.05) is 12.7 Å². The van der Waals surface area contributed by atoms with E-state index in [-0.39, 0.29) is 0 Å². The van der Waals surface area contributed by atoms with E-state index >= 15 is 0 Å². The van der Waals surface area contributed by atoms with E-state index in [2.05, 4.69) is 16.8 Å². The molecule has 2 rings (SSSR count). The second-order valence-electron chi connectivity index (χ2n) is 3.96. The molecule has 0 saturated heterocycles. The quantitative estimate of drug-likeness (QED) is 0.878. The van der Waals surface area contributed by atoms with Crippen LogP contribution < -0.4 is 10.6 Å². The Bertz CT molecular complexity index is 479. The van der Waals surface area contributed by atoms with Gasteiger partial charge in [-0.1, -0.05) is 0 Å². The molecule has 4 heteroatoms. The van der Waals surface area contributed by atoms with Gasteiger partial charge in [0.25, 0.3) is 0 Å². The number of nitrogens with zero attached hydrogens (tertiary/aromatic N) is 2. The van der Waals surface area contributed by atoms with Crippen LogP contribution in [0.1, 0.15) is 18.2 Å². The molecule has 17 heavy (non-hydrogen) atoms. The number of hydrogen-bond donors (Lipinski definition) is 1. The zero-order valence-electron chi connectivity index (χ0n) is 10.2. The van der Waals surface area contributed by atoms with Crippen LogP contribution in [0.2, 0.25) is 0 Å². The standard InChI is InChI=1S/C13H17N3O/c1-3-16(9-11-5-4-8-17-11)13-12(14)10(2)6-7-15-13/h4-8H,3,9,14H2,1-2H3. The highest BCUT2D eigenvalue weighted by Gasteiger charge is 2.12. The molecule has 2 N–H and O–H groups in total. The Morgan fingerprint density at radius 3 is 2.88 bits per heavy atom. The van der Waals surface area contributed by atoms with Crippen LogP contribution in [0.15, 0.2) is 35.1 Å². The van der Waals surface area contributed by atoms with E-state index in [0.29, 0.717) is 6.54 Å². The SMILES string of the molecule is CCN(Cc1ccco1)c1nccc(C)c1N. The van der Waals surface area contributed by atoms with Crippen LogP contribution in [0.3, 0.4) is 0 Å². The van der Waals surface area contributed by atoms with Gasteiger partial charge in [-0.2, -0.15) is 0 Å². The smallest absolute Gasteiger partial charge is 0.152 e. The van der Waals surface area contributed by atoms with Crippen molar-refractivity contribution in [3.05, 3.63) is 42.0 Å². The van der Waals surface area contributed by atoms with Crippen molar-refractivity contribution in [3.63, 3.8) is 0 Å². The first kappa shape index (κ1) is 11.5. The summed E-state index contributed by atoms with van der Waals surface area (Å²) in [7, 11) is 0. The summed E-state index contributed by atoms with van der Waals surface area (Å²) in [5.41, 5.74) is 7.84. The molecule has 0 fully saturated rings. The molecular weight excluding hydrogens is 214 g/mol. The van der Waals surface area contributed by atoms with Crippen molar-refractivity contribution in [1.82, 2.24) is 4.98 Å². The van der Waals surface area contributed by atoms with E-state index in [0.717, 1.165) is 29.4 Å². The van der Waals surface area contributed by atoms with Gasteiger partial charge in [-0.05, 0) is 37.6 Å². The van der Waals surface area contributed by atoms with Crippen molar-refractivity contribution in [1.29, 1.82) is 0 Å². The molecule has 2 heterocycles. The molecule has 2 aromatic heterocycles. The van der Waals surface area contributed by atoms with Crippen LogP contribution in [0.5, 0.6) is 0 Å². The van der Waals surface area contributed by atoms with Gasteiger partial charge in [0.05, 0.1) is 18.5 Å². The van der Waals surface area contributed by atoms with E-state index in [1.165, 1.54) is 0 Å². The number of rotatable bonds is 4. The number of aromatic nitrogens is 1. The third-order valence-corrected chi connectivity index (χ3v) is 2.80. The minimum atomic E-state index is 0.685. The molecule has 2 aromatic rings. The Morgan fingerprint density at radius 2 is 2.24 bits per heavy atom. The lowest BCUT2D eigenvalue weighted by Gasteiger charge is -2.22. The molecule has 0 bridgehead atoms. The Morgan fingerprint density at radius 1 is 1.41 bits per heavy atom. The van der Waals surface area contributed by atoms with E-state index in [1.54, 1.807) is 12.5 Å². The Balaban J connectivity index is 2.26. The number of pyridine rings is 1. The fraction of sp³-hybridized carbons (Fsp3) is 0.308. The van der Waals surface area contributed by atoms with Gasteiger partial charge in [-0.15, -0.1) is 0 Å². The van der Waals surface area contributed by atoms with Crippen molar-refractivity contribution in [2.75, 3.05) is 17.2 Å². The highest BCUT2D eigenvalue weighted by atomic mass is 16.3. The lowest BCUT2D eigenvalue weighted by molar-refractivity contribution is 0.503. The largest absolute Gasteiger partial charge is 0.467 e. The molecule has 90 valence electrons. The van der Waals surface area contributed by atoms with E-state index < -0.39 is 0 Å². The predicted octanol–water partition coefficient (Wildman–Crippen LogP) is 2.59. The minimum Gasteiger partial charge on any atom is -0.467 e. The Labute approximate surface area is 101 Å². The van der Waals surface area contributed by atoms with Crippen LogP contribution in [0.25, 0.3) is 0 Å².